The summed E-state index contributed by atoms with van der Waals surface area (Å²) in [6, 6.07) is 0. The summed E-state index contributed by atoms with van der Waals surface area (Å²) < 4.78 is 0. The summed E-state index contributed by atoms with van der Waals surface area (Å²) in [5.74, 6) is -3.03. The first-order valence-corrected chi connectivity index (χ1v) is 6.46. The molecule has 1 atom stereocenters. The molecule has 108 valence electrons. The fourth-order valence-corrected chi connectivity index (χ4v) is 2.71. The highest BCUT2D eigenvalue weighted by atomic mass is 16.4. The van der Waals surface area contributed by atoms with E-state index in [9.17, 15) is 14.4 Å². The number of rotatable bonds is 5. The highest BCUT2D eigenvalue weighted by Crippen LogP contribution is 2.41. The first kappa shape index (κ1) is 15.5. The molecule has 0 radical (unpaired) electrons. The average Bonchev–Trinajstić information content (AvgIpc) is 2.25. The smallest absolute Gasteiger partial charge is 0.323 e. The monoisotopic (exact) mass is 271 g/mol. The number of carbonyl (C=O) groups excluding carboxylic acids is 1. The Labute approximate surface area is 112 Å². The summed E-state index contributed by atoms with van der Waals surface area (Å²) >= 11 is 0. The molecule has 1 amide bonds. The third-order valence-electron chi connectivity index (χ3n) is 3.77. The molecule has 0 heterocycles. The van der Waals surface area contributed by atoms with Gasteiger partial charge in [0.25, 0.3) is 0 Å². The van der Waals surface area contributed by atoms with Crippen LogP contribution in [0.1, 0.15) is 39.5 Å². The second kappa shape index (κ2) is 6.04. The van der Waals surface area contributed by atoms with Crippen LogP contribution in [0.3, 0.4) is 0 Å². The minimum absolute atomic E-state index is 0.204. The van der Waals surface area contributed by atoms with Crippen LogP contribution in [-0.2, 0) is 14.4 Å². The van der Waals surface area contributed by atoms with Crippen molar-refractivity contribution in [2.24, 2.45) is 11.3 Å². The normalized spacial score (nSPS) is 21.7. The number of carbonyl (C=O) groups is 3. The summed E-state index contributed by atoms with van der Waals surface area (Å²) in [5.41, 5.74) is -0.204. The highest BCUT2D eigenvalue weighted by molar-refractivity contribution is 5.87. The summed E-state index contributed by atoms with van der Waals surface area (Å²) in [6.45, 7) is 2.85. The zero-order chi connectivity index (χ0) is 14.6. The summed E-state index contributed by atoms with van der Waals surface area (Å²) in [7, 11) is 0. The molecular weight excluding hydrogens is 250 g/mol. The van der Waals surface area contributed by atoms with Crippen molar-refractivity contribution in [3.8, 4) is 0 Å². The van der Waals surface area contributed by atoms with Gasteiger partial charge in [-0.25, -0.2) is 0 Å². The average molecular weight is 271 g/mol. The zero-order valence-corrected chi connectivity index (χ0v) is 11.4. The number of carboxylic acids is 2. The Hall–Kier alpha value is -1.59. The lowest BCUT2D eigenvalue weighted by Crippen LogP contribution is -2.47. The van der Waals surface area contributed by atoms with E-state index in [0.717, 1.165) is 24.2 Å². The van der Waals surface area contributed by atoms with E-state index in [4.69, 9.17) is 10.2 Å². The quantitative estimate of drug-likeness (QED) is 0.783. The third kappa shape index (κ3) is 4.22. The van der Waals surface area contributed by atoms with Gasteiger partial charge in [-0.05, 0) is 18.3 Å². The van der Waals surface area contributed by atoms with Crippen molar-refractivity contribution in [2.75, 3.05) is 13.1 Å². The maximum absolute atomic E-state index is 12.4. The first-order valence-electron chi connectivity index (χ1n) is 6.46. The summed E-state index contributed by atoms with van der Waals surface area (Å²) in [4.78, 5) is 34.8. The van der Waals surface area contributed by atoms with Gasteiger partial charge >= 0.3 is 11.9 Å². The number of carboxylic acid groups (broad SMARTS) is 2. The van der Waals surface area contributed by atoms with Crippen molar-refractivity contribution in [2.45, 2.75) is 39.5 Å². The number of aliphatic carboxylic acids is 2. The molecule has 1 aliphatic rings. The Balaban J connectivity index is 2.84. The molecule has 0 aliphatic heterocycles. The lowest BCUT2D eigenvalue weighted by atomic mass is 9.68. The minimum atomic E-state index is -1.19. The van der Waals surface area contributed by atoms with Gasteiger partial charge in [0.05, 0.1) is 0 Å². The number of nitrogens with zero attached hydrogens (tertiary/aromatic N) is 1. The van der Waals surface area contributed by atoms with E-state index in [-0.39, 0.29) is 17.2 Å². The van der Waals surface area contributed by atoms with Crippen LogP contribution in [-0.4, -0.2) is 46.0 Å². The third-order valence-corrected chi connectivity index (χ3v) is 3.77. The Kier molecular flexibility index (Phi) is 4.91. The molecule has 0 bridgehead atoms. The molecule has 0 saturated heterocycles. The molecule has 1 aliphatic carbocycles. The Morgan fingerprint density at radius 3 is 2.05 bits per heavy atom. The molecule has 2 N–H and O–H groups in total. The Morgan fingerprint density at radius 1 is 1.11 bits per heavy atom. The summed E-state index contributed by atoms with van der Waals surface area (Å²) in [6.07, 6.45) is 3.57. The SMILES string of the molecule is CC1(C)CCCCC1C(=O)N(CC(=O)O)CC(=O)O. The van der Waals surface area contributed by atoms with Crippen LogP contribution in [0, 0.1) is 11.3 Å². The standard InChI is InChI=1S/C13H21NO5/c1-13(2)6-4-3-5-9(13)12(19)14(7-10(15)16)8-11(17)18/h9H,3-8H2,1-2H3,(H,15,16)(H,17,18). The maximum atomic E-state index is 12.4. The van der Waals surface area contributed by atoms with E-state index in [1.165, 1.54) is 0 Å². The van der Waals surface area contributed by atoms with Gasteiger partial charge in [0.1, 0.15) is 13.1 Å². The highest BCUT2D eigenvalue weighted by Gasteiger charge is 2.39. The van der Waals surface area contributed by atoms with Crippen molar-refractivity contribution >= 4 is 17.8 Å². The first-order chi connectivity index (χ1) is 8.74. The molecule has 0 aromatic carbocycles. The van der Waals surface area contributed by atoms with E-state index < -0.39 is 25.0 Å². The molecule has 1 rings (SSSR count). The predicted octanol–water partition coefficient (Wildman–Crippen LogP) is 1.20. The molecule has 6 nitrogen and oxygen atoms in total. The van der Waals surface area contributed by atoms with Crippen molar-refractivity contribution in [1.82, 2.24) is 4.90 Å². The van der Waals surface area contributed by atoms with Gasteiger partial charge in [-0.15, -0.1) is 0 Å². The van der Waals surface area contributed by atoms with Crippen LogP contribution in [0.4, 0.5) is 0 Å². The van der Waals surface area contributed by atoms with Crippen LogP contribution in [0.2, 0.25) is 0 Å². The predicted molar refractivity (Wildman–Crippen MR) is 67.6 cm³/mol. The Morgan fingerprint density at radius 2 is 1.63 bits per heavy atom. The van der Waals surface area contributed by atoms with Gasteiger partial charge in [-0.1, -0.05) is 26.7 Å². The second-order valence-electron chi connectivity index (χ2n) is 5.77. The number of amides is 1. The lowest BCUT2D eigenvalue weighted by molar-refractivity contribution is -0.154. The largest absolute Gasteiger partial charge is 0.480 e. The fourth-order valence-electron chi connectivity index (χ4n) is 2.71. The minimum Gasteiger partial charge on any atom is -0.480 e. The molecule has 0 spiro atoms. The van der Waals surface area contributed by atoms with Crippen LogP contribution in [0.15, 0.2) is 0 Å². The molecule has 1 saturated carbocycles. The zero-order valence-electron chi connectivity index (χ0n) is 11.4. The Bertz CT molecular complexity index is 361. The number of hydrogen-bond donors (Lipinski definition) is 2. The molecule has 1 fully saturated rings. The van der Waals surface area contributed by atoms with Crippen molar-refractivity contribution in [3.63, 3.8) is 0 Å². The van der Waals surface area contributed by atoms with Crippen molar-refractivity contribution < 1.29 is 24.6 Å². The van der Waals surface area contributed by atoms with Crippen molar-refractivity contribution in [3.05, 3.63) is 0 Å². The van der Waals surface area contributed by atoms with E-state index in [1.807, 2.05) is 13.8 Å². The molecule has 0 aromatic heterocycles. The van der Waals surface area contributed by atoms with E-state index in [2.05, 4.69) is 0 Å². The van der Waals surface area contributed by atoms with E-state index in [1.54, 1.807) is 0 Å². The molecular formula is C13H21NO5. The van der Waals surface area contributed by atoms with Gasteiger partial charge in [-0.3, -0.25) is 14.4 Å². The molecule has 6 heteroatoms. The fraction of sp³-hybridized carbons (Fsp3) is 0.769. The van der Waals surface area contributed by atoms with Crippen LogP contribution >= 0.6 is 0 Å². The second-order valence-corrected chi connectivity index (χ2v) is 5.77. The topological polar surface area (TPSA) is 94.9 Å². The van der Waals surface area contributed by atoms with Crippen LogP contribution in [0.25, 0.3) is 0 Å². The van der Waals surface area contributed by atoms with Gasteiger partial charge in [-0.2, -0.15) is 0 Å². The van der Waals surface area contributed by atoms with Crippen LogP contribution < -0.4 is 0 Å². The van der Waals surface area contributed by atoms with Crippen molar-refractivity contribution in [1.29, 1.82) is 0 Å². The van der Waals surface area contributed by atoms with E-state index >= 15 is 0 Å². The molecule has 19 heavy (non-hydrogen) atoms. The molecule has 1 unspecified atom stereocenters. The molecule has 0 aromatic rings. The van der Waals surface area contributed by atoms with Gasteiger partial charge in [0.2, 0.25) is 5.91 Å². The maximum Gasteiger partial charge on any atom is 0.323 e. The van der Waals surface area contributed by atoms with Gasteiger partial charge in [0, 0.05) is 5.92 Å². The van der Waals surface area contributed by atoms with Gasteiger partial charge in [0.15, 0.2) is 0 Å². The number of hydrogen-bond acceptors (Lipinski definition) is 3. The van der Waals surface area contributed by atoms with Gasteiger partial charge < -0.3 is 15.1 Å². The lowest BCUT2D eigenvalue weighted by Gasteiger charge is -2.39. The van der Waals surface area contributed by atoms with Crippen LogP contribution in [0.5, 0.6) is 0 Å². The van der Waals surface area contributed by atoms with E-state index in [0.29, 0.717) is 6.42 Å². The summed E-state index contributed by atoms with van der Waals surface area (Å²) in [5, 5.41) is 17.6.